The monoisotopic (exact) mass is 303 g/mol. The molecule has 108 valence electrons. The van der Waals surface area contributed by atoms with Crippen molar-refractivity contribution >= 4 is 30.6 Å². The summed E-state index contributed by atoms with van der Waals surface area (Å²) in [6, 6.07) is 22.4. The van der Waals surface area contributed by atoms with E-state index in [9.17, 15) is 0 Å². The fourth-order valence-electron chi connectivity index (χ4n) is 3.56. The summed E-state index contributed by atoms with van der Waals surface area (Å²) in [5, 5.41) is 2.81. The van der Waals surface area contributed by atoms with Crippen molar-refractivity contribution in [1.29, 1.82) is 0 Å². The summed E-state index contributed by atoms with van der Waals surface area (Å²) in [5.74, 6) is 0. The SMILES string of the molecule is Cc1cc(C)c(-[s+]2c3ccccc3c3ccccc32)c(C)c1. The number of fused-ring (bicyclic) bond motifs is 3. The van der Waals surface area contributed by atoms with E-state index >= 15 is 0 Å². The van der Waals surface area contributed by atoms with E-state index in [1.54, 1.807) is 0 Å². The van der Waals surface area contributed by atoms with Gasteiger partial charge < -0.3 is 0 Å². The Morgan fingerprint density at radius 3 is 1.59 bits per heavy atom. The molecule has 0 saturated carbocycles. The van der Waals surface area contributed by atoms with Crippen LogP contribution in [0.15, 0.2) is 60.7 Å². The fraction of sp³-hybridized carbons (Fsp3) is 0.143. The molecule has 0 amide bonds. The minimum absolute atomic E-state index is 0.0280. The molecular formula is C21H19S+. The van der Waals surface area contributed by atoms with Crippen LogP contribution in [0, 0.1) is 20.8 Å². The van der Waals surface area contributed by atoms with E-state index in [1.807, 2.05) is 0 Å². The molecule has 0 nitrogen and oxygen atoms in total. The Morgan fingerprint density at radius 1 is 0.636 bits per heavy atom. The molecule has 0 atom stereocenters. The van der Waals surface area contributed by atoms with E-state index in [4.69, 9.17) is 0 Å². The van der Waals surface area contributed by atoms with Gasteiger partial charge in [0.1, 0.15) is 0 Å². The summed E-state index contributed by atoms with van der Waals surface area (Å²) in [5.41, 5.74) is 4.17. The van der Waals surface area contributed by atoms with Crippen LogP contribution in [0.25, 0.3) is 25.1 Å². The normalized spacial score (nSPS) is 11.4. The van der Waals surface area contributed by atoms with Crippen molar-refractivity contribution < 1.29 is 0 Å². The van der Waals surface area contributed by atoms with Crippen LogP contribution in [0.5, 0.6) is 0 Å². The molecule has 0 bridgehead atoms. The van der Waals surface area contributed by atoms with Crippen molar-refractivity contribution in [2.75, 3.05) is 0 Å². The molecule has 0 aliphatic heterocycles. The van der Waals surface area contributed by atoms with Gasteiger partial charge in [-0.25, -0.2) is 0 Å². The molecule has 0 spiro atoms. The molecule has 22 heavy (non-hydrogen) atoms. The third-order valence-corrected chi connectivity index (χ3v) is 6.96. The van der Waals surface area contributed by atoms with E-state index in [-0.39, 0.29) is 10.5 Å². The highest BCUT2D eigenvalue weighted by Crippen LogP contribution is 2.50. The van der Waals surface area contributed by atoms with Crippen LogP contribution in [0.4, 0.5) is 0 Å². The lowest BCUT2D eigenvalue weighted by atomic mass is 10.1. The second-order valence-corrected chi connectivity index (χ2v) is 7.93. The molecule has 0 saturated heterocycles. The van der Waals surface area contributed by atoms with Crippen LogP contribution in [0.2, 0.25) is 0 Å². The highest BCUT2D eigenvalue weighted by Gasteiger charge is 2.26. The molecule has 0 fully saturated rings. The zero-order valence-corrected chi connectivity index (χ0v) is 14.0. The maximum atomic E-state index is 2.32. The second-order valence-electron chi connectivity index (χ2n) is 6.03. The van der Waals surface area contributed by atoms with Gasteiger partial charge in [0.05, 0.1) is 0 Å². The van der Waals surface area contributed by atoms with Crippen molar-refractivity contribution in [2.24, 2.45) is 0 Å². The van der Waals surface area contributed by atoms with E-state index in [0.717, 1.165) is 0 Å². The average molecular weight is 303 g/mol. The smallest absolute Gasteiger partial charge is 0.0612 e. The zero-order valence-electron chi connectivity index (χ0n) is 13.2. The Bertz CT molecular complexity index is 929. The molecule has 1 heterocycles. The molecule has 0 unspecified atom stereocenters. The fourth-order valence-corrected chi connectivity index (χ4v) is 6.23. The van der Waals surface area contributed by atoms with Crippen LogP contribution in [-0.4, -0.2) is 0 Å². The Kier molecular flexibility index (Phi) is 3.05. The van der Waals surface area contributed by atoms with E-state index in [0.29, 0.717) is 0 Å². The lowest BCUT2D eigenvalue weighted by Gasteiger charge is -2.04. The third kappa shape index (κ3) is 1.89. The zero-order chi connectivity index (χ0) is 15.3. The van der Waals surface area contributed by atoms with Crippen LogP contribution in [0.1, 0.15) is 16.7 Å². The molecule has 1 aromatic heterocycles. The van der Waals surface area contributed by atoms with Crippen molar-refractivity contribution in [3.8, 4) is 4.90 Å². The summed E-state index contributed by atoms with van der Waals surface area (Å²) in [7, 11) is 0.0280. The number of thiophene rings is 1. The van der Waals surface area contributed by atoms with Gasteiger partial charge in [0, 0.05) is 32.4 Å². The Hall–Kier alpha value is -2.12. The molecule has 4 rings (SSSR count). The minimum atomic E-state index is 0.0280. The highest BCUT2D eigenvalue weighted by atomic mass is 32.2. The largest absolute Gasteiger partial charge is 0.187 e. The molecule has 0 radical (unpaired) electrons. The summed E-state index contributed by atoms with van der Waals surface area (Å²) in [6.07, 6.45) is 0. The molecular weight excluding hydrogens is 284 g/mol. The van der Waals surface area contributed by atoms with Crippen molar-refractivity contribution in [1.82, 2.24) is 0 Å². The van der Waals surface area contributed by atoms with E-state index in [1.165, 1.54) is 41.8 Å². The minimum Gasteiger partial charge on any atom is -0.0612 e. The van der Waals surface area contributed by atoms with Gasteiger partial charge in [-0.15, -0.1) is 0 Å². The molecule has 0 aliphatic rings. The number of hydrogen-bond acceptors (Lipinski definition) is 0. The van der Waals surface area contributed by atoms with Gasteiger partial charge in [-0.3, -0.25) is 0 Å². The second kappa shape index (κ2) is 4.96. The molecule has 3 aromatic carbocycles. The quantitative estimate of drug-likeness (QED) is 0.345. The predicted molar refractivity (Wildman–Crippen MR) is 99.5 cm³/mol. The predicted octanol–water partition coefficient (Wildman–Crippen LogP) is 6.66. The van der Waals surface area contributed by atoms with Crippen LogP contribution < -0.4 is 0 Å². The topological polar surface area (TPSA) is 0 Å². The first-order valence-corrected chi connectivity index (χ1v) is 8.90. The Balaban J connectivity index is 2.23. The van der Waals surface area contributed by atoms with Crippen molar-refractivity contribution in [3.05, 3.63) is 77.4 Å². The summed E-state index contributed by atoms with van der Waals surface area (Å²) in [4.78, 5) is 1.50. The summed E-state index contributed by atoms with van der Waals surface area (Å²) < 4.78 is 2.94. The number of aryl methyl sites for hydroxylation is 3. The van der Waals surface area contributed by atoms with E-state index < -0.39 is 0 Å². The summed E-state index contributed by atoms with van der Waals surface area (Å²) in [6.45, 7) is 6.70. The standard InChI is InChI=1S/C21H19S/c1-14-12-15(2)21(16(3)13-14)22-19-10-6-4-8-17(19)18-9-5-7-11-20(18)22/h4-13H,1-3H3/q+1. The van der Waals surface area contributed by atoms with Gasteiger partial charge >= 0.3 is 0 Å². The van der Waals surface area contributed by atoms with Crippen molar-refractivity contribution in [3.63, 3.8) is 0 Å². The first-order chi connectivity index (χ1) is 10.7. The van der Waals surface area contributed by atoms with Gasteiger partial charge in [0.15, 0.2) is 14.3 Å². The highest BCUT2D eigenvalue weighted by molar-refractivity contribution is 7.50. The molecule has 4 aromatic rings. The molecule has 0 aliphatic carbocycles. The number of benzene rings is 3. The lowest BCUT2D eigenvalue weighted by molar-refractivity contribution is 1.35. The maximum Gasteiger partial charge on any atom is 0.187 e. The van der Waals surface area contributed by atoms with Crippen LogP contribution in [-0.2, 0) is 0 Å². The van der Waals surface area contributed by atoms with Crippen LogP contribution in [0.3, 0.4) is 0 Å². The first kappa shape index (κ1) is 13.5. The van der Waals surface area contributed by atoms with Gasteiger partial charge in [-0.2, -0.15) is 0 Å². The van der Waals surface area contributed by atoms with Gasteiger partial charge in [-0.1, -0.05) is 42.0 Å². The average Bonchev–Trinajstić information content (AvgIpc) is 2.82. The van der Waals surface area contributed by atoms with Gasteiger partial charge in [0.2, 0.25) is 0 Å². The van der Waals surface area contributed by atoms with Crippen molar-refractivity contribution in [2.45, 2.75) is 20.8 Å². The maximum absolute atomic E-state index is 2.32. The Morgan fingerprint density at radius 2 is 1.09 bits per heavy atom. The van der Waals surface area contributed by atoms with Crippen LogP contribution >= 0.6 is 10.5 Å². The Labute approximate surface area is 134 Å². The van der Waals surface area contributed by atoms with E-state index in [2.05, 4.69) is 81.4 Å². The third-order valence-electron chi connectivity index (χ3n) is 4.31. The van der Waals surface area contributed by atoms with Gasteiger partial charge in [-0.05, 0) is 45.0 Å². The molecule has 0 N–H and O–H groups in total. The molecule has 1 heteroatoms. The summed E-state index contributed by atoms with van der Waals surface area (Å²) >= 11 is 0. The first-order valence-electron chi connectivity index (χ1n) is 7.67. The lowest BCUT2D eigenvalue weighted by Crippen LogP contribution is -1.86. The number of rotatable bonds is 1. The van der Waals surface area contributed by atoms with Gasteiger partial charge in [0.25, 0.3) is 0 Å². The number of hydrogen-bond donors (Lipinski definition) is 0.